The van der Waals surface area contributed by atoms with Crippen molar-refractivity contribution in [3.63, 3.8) is 0 Å². The standard InChI is InChI=1S/C72H46N2O/c1-2-20-54(21-3-1)73-65-29-12-10-25-63(65)70-61(28-15-30-67(70)73)59-42-44-66(60-24-9-8-23-58(59)60)74(55-40-38-49(39-41-55)48-32-34-50(35-33-48)53-37-36-47-16-4-5-18-52(47)46-53)68-45-43-62(57-27-14-19-51-17-6-7-22-56(51)57)72-71(68)64-26-11-13-31-69(64)75-72/h1-46H. The van der Waals surface area contributed by atoms with Crippen molar-refractivity contribution in [2.24, 2.45) is 0 Å². The first-order valence-electron chi connectivity index (χ1n) is 25.7. The zero-order valence-electron chi connectivity index (χ0n) is 40.9. The third kappa shape index (κ3) is 6.97. The van der Waals surface area contributed by atoms with Gasteiger partial charge in [0.05, 0.1) is 27.8 Å². The number of aromatic nitrogens is 1. The molecule has 3 nitrogen and oxygen atoms in total. The molecule has 0 fully saturated rings. The van der Waals surface area contributed by atoms with Crippen molar-refractivity contribution in [1.82, 2.24) is 4.57 Å². The van der Waals surface area contributed by atoms with Crippen molar-refractivity contribution < 1.29 is 4.42 Å². The van der Waals surface area contributed by atoms with E-state index in [0.717, 1.165) is 72.3 Å². The molecule has 0 radical (unpaired) electrons. The highest BCUT2D eigenvalue weighted by Crippen LogP contribution is 2.50. The van der Waals surface area contributed by atoms with Crippen LogP contribution < -0.4 is 4.90 Å². The van der Waals surface area contributed by atoms with Crippen molar-refractivity contribution >= 4 is 93.1 Å². The lowest BCUT2D eigenvalue weighted by molar-refractivity contribution is 0.670. The van der Waals surface area contributed by atoms with Crippen LogP contribution in [0.1, 0.15) is 0 Å². The highest BCUT2D eigenvalue weighted by molar-refractivity contribution is 6.22. The number of para-hydroxylation sites is 3. The summed E-state index contributed by atoms with van der Waals surface area (Å²) in [6, 6.07) is 101. The normalized spacial score (nSPS) is 11.7. The van der Waals surface area contributed by atoms with Crippen molar-refractivity contribution in [2.45, 2.75) is 0 Å². The summed E-state index contributed by atoms with van der Waals surface area (Å²) >= 11 is 0. The molecule has 2 aromatic heterocycles. The number of hydrogen-bond acceptors (Lipinski definition) is 2. The average Bonchev–Trinajstić information content (AvgIpc) is 4.05. The fraction of sp³-hybridized carbons (Fsp3) is 0. The molecule has 0 aliphatic carbocycles. The van der Waals surface area contributed by atoms with E-state index in [9.17, 15) is 0 Å². The molecule has 0 saturated carbocycles. The lowest BCUT2D eigenvalue weighted by Crippen LogP contribution is -2.11. The lowest BCUT2D eigenvalue weighted by Gasteiger charge is -2.29. The molecule has 0 aliphatic rings. The Labute approximate surface area is 434 Å². The van der Waals surface area contributed by atoms with E-state index in [-0.39, 0.29) is 0 Å². The van der Waals surface area contributed by atoms with E-state index in [0.29, 0.717) is 0 Å². The van der Waals surface area contributed by atoms with Crippen LogP contribution in [0.5, 0.6) is 0 Å². The van der Waals surface area contributed by atoms with E-state index in [4.69, 9.17) is 4.42 Å². The molecule has 0 aliphatic heterocycles. The van der Waals surface area contributed by atoms with Crippen molar-refractivity contribution in [1.29, 1.82) is 0 Å². The third-order valence-electron chi connectivity index (χ3n) is 15.4. The molecule has 0 saturated heterocycles. The van der Waals surface area contributed by atoms with Gasteiger partial charge in [-0.25, -0.2) is 0 Å². The maximum atomic E-state index is 7.03. The zero-order chi connectivity index (χ0) is 49.4. The summed E-state index contributed by atoms with van der Waals surface area (Å²) < 4.78 is 9.44. The van der Waals surface area contributed by atoms with Gasteiger partial charge in [0, 0.05) is 38.5 Å². The quantitative estimate of drug-likeness (QED) is 0.151. The predicted molar refractivity (Wildman–Crippen MR) is 317 cm³/mol. The van der Waals surface area contributed by atoms with E-state index in [1.54, 1.807) is 0 Å². The van der Waals surface area contributed by atoms with Gasteiger partial charge in [0.1, 0.15) is 11.2 Å². The Morgan fingerprint density at radius 2 is 0.840 bits per heavy atom. The van der Waals surface area contributed by atoms with Crippen LogP contribution in [0, 0.1) is 0 Å². The van der Waals surface area contributed by atoms with Crippen molar-refractivity contribution in [3.05, 3.63) is 279 Å². The minimum absolute atomic E-state index is 0.854. The van der Waals surface area contributed by atoms with Gasteiger partial charge >= 0.3 is 0 Å². The summed E-state index contributed by atoms with van der Waals surface area (Å²) in [4.78, 5) is 2.46. The Morgan fingerprint density at radius 1 is 0.293 bits per heavy atom. The number of hydrogen-bond donors (Lipinski definition) is 0. The van der Waals surface area contributed by atoms with Gasteiger partial charge in [0.15, 0.2) is 0 Å². The van der Waals surface area contributed by atoms with Crippen LogP contribution in [0.4, 0.5) is 17.1 Å². The van der Waals surface area contributed by atoms with Crippen LogP contribution in [0.15, 0.2) is 283 Å². The molecule has 0 amide bonds. The van der Waals surface area contributed by atoms with E-state index in [2.05, 4.69) is 289 Å². The summed E-state index contributed by atoms with van der Waals surface area (Å²) in [5, 5.41) is 11.8. The van der Waals surface area contributed by atoms with Crippen LogP contribution in [0.25, 0.3) is 126 Å². The number of nitrogens with zero attached hydrogens (tertiary/aromatic N) is 2. The second-order valence-electron chi connectivity index (χ2n) is 19.5. The van der Waals surface area contributed by atoms with Gasteiger partial charge in [-0.3, -0.25) is 0 Å². The SMILES string of the molecule is c1ccc(-n2c3ccccc3c3c(-c4ccc(N(c5ccc(-c6ccc(-c7ccc8ccccc8c7)cc6)cc5)c5ccc(-c6cccc7ccccc67)c6oc7ccccc7c56)c5ccccc45)cccc32)cc1. The molecule has 13 aromatic carbocycles. The highest BCUT2D eigenvalue weighted by atomic mass is 16.3. The highest BCUT2D eigenvalue weighted by Gasteiger charge is 2.25. The second kappa shape index (κ2) is 17.4. The maximum absolute atomic E-state index is 7.03. The Hall–Kier alpha value is -9.96. The number of benzene rings is 13. The molecule has 3 heteroatoms. The van der Waals surface area contributed by atoms with Crippen LogP contribution in [0.3, 0.4) is 0 Å². The Kier molecular flexibility index (Phi) is 9.89. The first-order chi connectivity index (χ1) is 37.2. The molecule has 75 heavy (non-hydrogen) atoms. The monoisotopic (exact) mass is 954 g/mol. The predicted octanol–water partition coefficient (Wildman–Crippen LogP) is 20.3. The Bertz CT molecular complexity index is 4690. The number of furan rings is 1. The van der Waals surface area contributed by atoms with E-state index in [1.807, 2.05) is 0 Å². The Balaban J connectivity index is 0.931. The summed E-state index contributed by atoms with van der Waals surface area (Å²) in [6.45, 7) is 0. The van der Waals surface area contributed by atoms with Crippen LogP contribution in [0.2, 0.25) is 0 Å². The summed E-state index contributed by atoms with van der Waals surface area (Å²) in [5.74, 6) is 0. The molecule has 0 unspecified atom stereocenters. The smallest absolute Gasteiger partial charge is 0.145 e. The van der Waals surface area contributed by atoms with E-state index < -0.39 is 0 Å². The Morgan fingerprint density at radius 3 is 1.65 bits per heavy atom. The summed E-state index contributed by atoms with van der Waals surface area (Å²) in [5.41, 5.74) is 17.7. The molecule has 0 atom stereocenters. The molecular formula is C72H46N2O. The summed E-state index contributed by atoms with van der Waals surface area (Å²) in [7, 11) is 0. The number of anilines is 3. The largest absolute Gasteiger partial charge is 0.455 e. The van der Waals surface area contributed by atoms with Crippen LogP contribution in [-0.4, -0.2) is 4.57 Å². The summed E-state index contributed by atoms with van der Waals surface area (Å²) in [6.07, 6.45) is 0. The van der Waals surface area contributed by atoms with Gasteiger partial charge in [-0.1, -0.05) is 212 Å². The van der Waals surface area contributed by atoms with Gasteiger partial charge in [-0.15, -0.1) is 0 Å². The molecule has 350 valence electrons. The fourth-order valence-electron chi connectivity index (χ4n) is 11.9. The van der Waals surface area contributed by atoms with Crippen molar-refractivity contribution in [2.75, 3.05) is 4.90 Å². The minimum Gasteiger partial charge on any atom is -0.455 e. The van der Waals surface area contributed by atoms with Gasteiger partial charge in [-0.05, 0) is 133 Å². The number of rotatable bonds is 8. The first kappa shape index (κ1) is 42.7. The van der Waals surface area contributed by atoms with Gasteiger partial charge in [-0.2, -0.15) is 0 Å². The minimum atomic E-state index is 0.854. The molecule has 0 N–H and O–H groups in total. The third-order valence-corrected chi connectivity index (χ3v) is 15.4. The number of fused-ring (bicyclic) bond motifs is 9. The maximum Gasteiger partial charge on any atom is 0.145 e. The molecule has 0 spiro atoms. The molecule has 15 aromatic rings. The van der Waals surface area contributed by atoms with E-state index in [1.165, 1.54) is 71.0 Å². The van der Waals surface area contributed by atoms with Crippen molar-refractivity contribution in [3.8, 4) is 50.2 Å². The topological polar surface area (TPSA) is 21.3 Å². The zero-order valence-corrected chi connectivity index (χ0v) is 40.9. The molecule has 2 heterocycles. The van der Waals surface area contributed by atoms with Gasteiger partial charge < -0.3 is 13.9 Å². The van der Waals surface area contributed by atoms with Crippen LogP contribution >= 0.6 is 0 Å². The molecular weight excluding hydrogens is 909 g/mol. The van der Waals surface area contributed by atoms with Gasteiger partial charge in [0.2, 0.25) is 0 Å². The fourth-order valence-corrected chi connectivity index (χ4v) is 11.9. The first-order valence-corrected chi connectivity index (χ1v) is 25.7. The van der Waals surface area contributed by atoms with Crippen LogP contribution in [-0.2, 0) is 0 Å². The molecule has 0 bridgehead atoms. The second-order valence-corrected chi connectivity index (χ2v) is 19.5. The molecule has 15 rings (SSSR count). The van der Waals surface area contributed by atoms with Gasteiger partial charge in [0.25, 0.3) is 0 Å². The average molecular weight is 955 g/mol. The van der Waals surface area contributed by atoms with E-state index >= 15 is 0 Å². The lowest BCUT2D eigenvalue weighted by atomic mass is 9.92.